The van der Waals surface area contributed by atoms with Crippen LogP contribution in [0.25, 0.3) is 0 Å². The van der Waals surface area contributed by atoms with Crippen LogP contribution in [0.2, 0.25) is 5.02 Å². The Morgan fingerprint density at radius 2 is 1.70 bits per heavy atom. The minimum atomic E-state index is -0.192. The Labute approximate surface area is 165 Å². The second-order valence-electron chi connectivity index (χ2n) is 7.58. The summed E-state index contributed by atoms with van der Waals surface area (Å²) in [5.41, 5.74) is 1.13. The summed E-state index contributed by atoms with van der Waals surface area (Å²) in [6.07, 6.45) is 2.12. The Morgan fingerprint density at radius 1 is 1.04 bits per heavy atom. The molecule has 3 aliphatic heterocycles. The van der Waals surface area contributed by atoms with Crippen molar-refractivity contribution in [1.29, 1.82) is 0 Å². The topological polar surface area (TPSA) is 53.1 Å². The zero-order chi connectivity index (χ0) is 18.8. The van der Waals surface area contributed by atoms with Crippen molar-refractivity contribution < 1.29 is 14.3 Å². The van der Waals surface area contributed by atoms with Gasteiger partial charge in [-0.2, -0.15) is 0 Å². The Bertz CT molecular complexity index is 682. The van der Waals surface area contributed by atoms with Crippen molar-refractivity contribution in [3.05, 3.63) is 29.3 Å². The van der Waals surface area contributed by atoms with Crippen LogP contribution >= 0.6 is 11.6 Å². The molecule has 1 unspecified atom stereocenters. The number of benzene rings is 1. The summed E-state index contributed by atoms with van der Waals surface area (Å²) < 4.78 is 5.39. The first-order valence-corrected chi connectivity index (χ1v) is 10.2. The van der Waals surface area contributed by atoms with E-state index in [-0.39, 0.29) is 23.8 Å². The summed E-state index contributed by atoms with van der Waals surface area (Å²) in [6, 6.07) is 8.06. The van der Waals surface area contributed by atoms with Crippen LogP contribution in [0.4, 0.5) is 5.69 Å². The minimum Gasteiger partial charge on any atom is -0.381 e. The van der Waals surface area contributed by atoms with Crippen LogP contribution in [0.15, 0.2) is 24.3 Å². The molecule has 3 fully saturated rings. The fourth-order valence-electron chi connectivity index (χ4n) is 4.34. The first kappa shape index (κ1) is 18.6. The van der Waals surface area contributed by atoms with Crippen molar-refractivity contribution in [1.82, 2.24) is 9.80 Å². The van der Waals surface area contributed by atoms with Crippen LogP contribution in [0.1, 0.15) is 19.3 Å². The Hall–Kier alpha value is -1.79. The normalized spacial score (nSPS) is 24.6. The number of carbonyl (C=O) groups excluding carboxylic acids is 2. The molecule has 0 aromatic heterocycles. The van der Waals surface area contributed by atoms with E-state index in [2.05, 4.69) is 4.90 Å². The van der Waals surface area contributed by atoms with Crippen LogP contribution < -0.4 is 4.90 Å². The highest BCUT2D eigenvalue weighted by molar-refractivity contribution is 6.30. The number of hydrogen-bond acceptors (Lipinski definition) is 4. The third-order valence-corrected chi connectivity index (χ3v) is 6.17. The van der Waals surface area contributed by atoms with Gasteiger partial charge in [0, 0.05) is 69.1 Å². The van der Waals surface area contributed by atoms with E-state index in [4.69, 9.17) is 16.3 Å². The Kier molecular flexibility index (Phi) is 5.55. The molecule has 1 atom stereocenters. The molecule has 0 aliphatic carbocycles. The molecule has 146 valence electrons. The predicted octanol–water partition coefficient (Wildman–Crippen LogP) is 2.02. The number of halogens is 1. The fourth-order valence-corrected chi connectivity index (χ4v) is 4.47. The molecule has 3 aliphatic rings. The maximum Gasteiger partial charge on any atom is 0.228 e. The first-order valence-electron chi connectivity index (χ1n) is 9.78. The third-order valence-electron chi connectivity index (χ3n) is 5.92. The molecule has 27 heavy (non-hydrogen) atoms. The predicted molar refractivity (Wildman–Crippen MR) is 104 cm³/mol. The van der Waals surface area contributed by atoms with E-state index in [1.54, 1.807) is 0 Å². The van der Waals surface area contributed by atoms with E-state index in [0.717, 1.165) is 36.6 Å². The molecule has 0 spiro atoms. The summed E-state index contributed by atoms with van der Waals surface area (Å²) in [5, 5.41) is 0.729. The highest BCUT2D eigenvalue weighted by Crippen LogP contribution is 2.27. The van der Waals surface area contributed by atoms with Gasteiger partial charge in [-0.05, 0) is 37.1 Å². The van der Waals surface area contributed by atoms with Crippen molar-refractivity contribution in [3.63, 3.8) is 0 Å². The second kappa shape index (κ2) is 8.07. The third kappa shape index (κ3) is 4.06. The molecule has 1 aromatic carbocycles. The van der Waals surface area contributed by atoms with Gasteiger partial charge in [0.25, 0.3) is 0 Å². The van der Waals surface area contributed by atoms with Gasteiger partial charge in [-0.3, -0.25) is 9.59 Å². The average Bonchev–Trinajstić information content (AvgIpc) is 3.10. The van der Waals surface area contributed by atoms with Gasteiger partial charge in [-0.1, -0.05) is 11.6 Å². The lowest BCUT2D eigenvalue weighted by atomic mass is 10.1. The highest BCUT2D eigenvalue weighted by atomic mass is 35.5. The number of ether oxygens (including phenoxy) is 1. The van der Waals surface area contributed by atoms with Crippen LogP contribution in [-0.4, -0.2) is 73.6 Å². The summed E-state index contributed by atoms with van der Waals surface area (Å²) in [6.45, 7) is 4.99. The van der Waals surface area contributed by atoms with Crippen molar-refractivity contribution >= 4 is 29.1 Å². The number of anilines is 1. The Balaban J connectivity index is 1.31. The van der Waals surface area contributed by atoms with Crippen LogP contribution in [0, 0.1) is 5.92 Å². The molecule has 0 saturated carbocycles. The zero-order valence-corrected chi connectivity index (χ0v) is 16.2. The molecule has 0 bridgehead atoms. The molecular formula is C20H26ClN3O3. The SMILES string of the molecule is O=C(C1CC(=O)N(C2CCOCC2)C1)N1CCN(c2ccc(Cl)cc2)CC1. The average molecular weight is 392 g/mol. The number of carbonyl (C=O) groups is 2. The Morgan fingerprint density at radius 3 is 2.37 bits per heavy atom. The number of rotatable bonds is 3. The summed E-state index contributed by atoms with van der Waals surface area (Å²) in [7, 11) is 0. The molecule has 0 N–H and O–H groups in total. The van der Waals surface area contributed by atoms with Crippen molar-refractivity contribution in [2.24, 2.45) is 5.92 Å². The molecule has 3 heterocycles. The van der Waals surface area contributed by atoms with Gasteiger partial charge in [0.2, 0.25) is 11.8 Å². The van der Waals surface area contributed by atoms with Gasteiger partial charge in [0.15, 0.2) is 0 Å². The van der Waals surface area contributed by atoms with E-state index in [1.165, 1.54) is 0 Å². The molecule has 3 saturated heterocycles. The highest BCUT2D eigenvalue weighted by Gasteiger charge is 2.40. The summed E-state index contributed by atoms with van der Waals surface area (Å²) >= 11 is 5.96. The van der Waals surface area contributed by atoms with Gasteiger partial charge >= 0.3 is 0 Å². The van der Waals surface area contributed by atoms with E-state index in [9.17, 15) is 9.59 Å². The van der Waals surface area contributed by atoms with E-state index in [1.807, 2.05) is 34.1 Å². The number of nitrogens with zero attached hydrogens (tertiary/aromatic N) is 3. The molecule has 7 heteroatoms. The summed E-state index contributed by atoms with van der Waals surface area (Å²) in [5.74, 6) is 0.0659. The van der Waals surface area contributed by atoms with Crippen LogP contribution in [0.5, 0.6) is 0 Å². The molecule has 0 radical (unpaired) electrons. The first-order chi connectivity index (χ1) is 13.1. The maximum absolute atomic E-state index is 12.9. The van der Waals surface area contributed by atoms with Gasteiger partial charge in [-0.15, -0.1) is 0 Å². The smallest absolute Gasteiger partial charge is 0.228 e. The number of piperazine rings is 1. The lowest BCUT2D eigenvalue weighted by Crippen LogP contribution is -2.51. The minimum absolute atomic E-state index is 0.125. The monoisotopic (exact) mass is 391 g/mol. The largest absolute Gasteiger partial charge is 0.381 e. The number of hydrogen-bond donors (Lipinski definition) is 0. The van der Waals surface area contributed by atoms with E-state index in [0.29, 0.717) is 39.3 Å². The molecule has 4 rings (SSSR count). The van der Waals surface area contributed by atoms with Crippen LogP contribution in [0.3, 0.4) is 0 Å². The maximum atomic E-state index is 12.9. The fraction of sp³-hybridized carbons (Fsp3) is 0.600. The zero-order valence-electron chi connectivity index (χ0n) is 15.5. The standard InChI is InChI=1S/C20H26ClN3O3/c21-16-1-3-17(4-2-16)22-7-9-23(10-8-22)20(26)15-13-19(25)24(14-15)18-5-11-27-12-6-18/h1-4,15,18H,5-14H2. The van der Waals surface area contributed by atoms with Crippen molar-refractivity contribution in [3.8, 4) is 0 Å². The van der Waals surface area contributed by atoms with Gasteiger partial charge in [-0.25, -0.2) is 0 Å². The lowest BCUT2D eigenvalue weighted by molar-refractivity contribution is -0.136. The van der Waals surface area contributed by atoms with Crippen molar-refractivity contribution in [2.75, 3.05) is 50.8 Å². The quantitative estimate of drug-likeness (QED) is 0.791. The number of likely N-dealkylation sites (tertiary alicyclic amines) is 1. The van der Waals surface area contributed by atoms with Gasteiger partial charge in [0.05, 0.1) is 5.92 Å². The second-order valence-corrected chi connectivity index (χ2v) is 8.02. The molecule has 1 aromatic rings. The number of amides is 2. The van der Waals surface area contributed by atoms with Gasteiger partial charge < -0.3 is 19.4 Å². The van der Waals surface area contributed by atoms with E-state index >= 15 is 0 Å². The van der Waals surface area contributed by atoms with Crippen LogP contribution in [-0.2, 0) is 14.3 Å². The molecule has 2 amide bonds. The lowest BCUT2D eigenvalue weighted by Gasteiger charge is -2.37. The molecular weight excluding hydrogens is 366 g/mol. The summed E-state index contributed by atoms with van der Waals surface area (Å²) in [4.78, 5) is 31.5. The molecule has 6 nitrogen and oxygen atoms in total. The van der Waals surface area contributed by atoms with E-state index < -0.39 is 0 Å². The van der Waals surface area contributed by atoms with Crippen molar-refractivity contribution in [2.45, 2.75) is 25.3 Å². The van der Waals surface area contributed by atoms with Gasteiger partial charge in [0.1, 0.15) is 0 Å².